The van der Waals surface area contributed by atoms with Gasteiger partial charge in [0.25, 0.3) is 0 Å². The van der Waals surface area contributed by atoms with E-state index in [1.807, 2.05) is 0 Å². The van der Waals surface area contributed by atoms with Crippen molar-refractivity contribution in [2.45, 2.75) is 0 Å². The van der Waals surface area contributed by atoms with E-state index in [0.717, 1.165) is 0 Å². The Kier molecular flexibility index (Phi) is 2.57. The number of aryl methyl sites for hydroxylation is 1. The molecule has 17 heavy (non-hydrogen) atoms. The van der Waals surface area contributed by atoms with Gasteiger partial charge in [-0.15, -0.1) is 11.3 Å². The SMILES string of the molecule is Cn1c(/C=C\c2cccs2)cc2ccccc21. The topological polar surface area (TPSA) is 4.93 Å². The highest BCUT2D eigenvalue weighted by atomic mass is 32.1. The van der Waals surface area contributed by atoms with Crippen LogP contribution in [0.25, 0.3) is 23.1 Å². The Bertz CT molecular complexity index is 659. The van der Waals surface area contributed by atoms with Gasteiger partial charge in [-0.2, -0.15) is 0 Å². The van der Waals surface area contributed by atoms with E-state index in [1.165, 1.54) is 21.5 Å². The second kappa shape index (κ2) is 4.22. The first-order chi connectivity index (χ1) is 8.34. The molecule has 84 valence electrons. The molecule has 1 nitrogen and oxygen atoms in total. The molecule has 0 N–H and O–H groups in total. The summed E-state index contributed by atoms with van der Waals surface area (Å²) in [6.45, 7) is 0. The molecule has 0 fully saturated rings. The summed E-state index contributed by atoms with van der Waals surface area (Å²) in [7, 11) is 2.11. The lowest BCUT2D eigenvalue weighted by Crippen LogP contribution is -1.88. The molecular formula is C15H13NS. The van der Waals surface area contributed by atoms with E-state index >= 15 is 0 Å². The number of para-hydroxylation sites is 1. The van der Waals surface area contributed by atoms with Gasteiger partial charge in [0.15, 0.2) is 0 Å². The standard InChI is InChI=1S/C15H13NS/c1-16-13(8-9-14-6-4-10-17-14)11-12-5-2-3-7-15(12)16/h2-11H,1H3/b9-8-. The fourth-order valence-electron chi connectivity index (χ4n) is 2.02. The van der Waals surface area contributed by atoms with Crippen LogP contribution in [0.15, 0.2) is 47.8 Å². The molecule has 0 aliphatic carbocycles. The van der Waals surface area contributed by atoms with E-state index in [4.69, 9.17) is 0 Å². The lowest BCUT2D eigenvalue weighted by molar-refractivity contribution is 0.955. The smallest absolute Gasteiger partial charge is 0.0482 e. The largest absolute Gasteiger partial charge is 0.344 e. The molecule has 0 saturated carbocycles. The summed E-state index contributed by atoms with van der Waals surface area (Å²) in [4.78, 5) is 1.29. The molecule has 3 aromatic rings. The van der Waals surface area contributed by atoms with Crippen molar-refractivity contribution < 1.29 is 0 Å². The summed E-state index contributed by atoms with van der Waals surface area (Å²) in [5.74, 6) is 0. The minimum absolute atomic E-state index is 1.24. The maximum absolute atomic E-state index is 2.22. The van der Waals surface area contributed by atoms with E-state index in [1.54, 1.807) is 11.3 Å². The summed E-state index contributed by atoms with van der Waals surface area (Å²) in [6.07, 6.45) is 4.34. The van der Waals surface area contributed by atoms with Gasteiger partial charge in [0.05, 0.1) is 0 Å². The van der Waals surface area contributed by atoms with E-state index in [0.29, 0.717) is 0 Å². The highest BCUT2D eigenvalue weighted by molar-refractivity contribution is 7.10. The summed E-state index contributed by atoms with van der Waals surface area (Å²) in [5.41, 5.74) is 2.51. The first-order valence-electron chi connectivity index (χ1n) is 5.60. The molecule has 0 unspecified atom stereocenters. The van der Waals surface area contributed by atoms with Crippen LogP contribution in [0.5, 0.6) is 0 Å². The zero-order valence-electron chi connectivity index (χ0n) is 9.63. The molecule has 2 heterocycles. The third-order valence-corrected chi connectivity index (χ3v) is 3.79. The highest BCUT2D eigenvalue weighted by Crippen LogP contribution is 2.20. The molecule has 0 spiro atoms. The summed E-state index contributed by atoms with van der Waals surface area (Å²) in [5, 5.41) is 3.39. The number of thiophene rings is 1. The molecule has 3 rings (SSSR count). The van der Waals surface area contributed by atoms with Gasteiger partial charge in [0.1, 0.15) is 0 Å². The number of benzene rings is 1. The van der Waals surface area contributed by atoms with Gasteiger partial charge in [0.2, 0.25) is 0 Å². The number of fused-ring (bicyclic) bond motifs is 1. The van der Waals surface area contributed by atoms with Gasteiger partial charge in [0, 0.05) is 28.5 Å². The van der Waals surface area contributed by atoms with Crippen LogP contribution in [0.3, 0.4) is 0 Å². The molecule has 2 heteroatoms. The van der Waals surface area contributed by atoms with E-state index in [9.17, 15) is 0 Å². The van der Waals surface area contributed by atoms with Gasteiger partial charge in [-0.25, -0.2) is 0 Å². The summed E-state index contributed by atoms with van der Waals surface area (Å²) >= 11 is 1.76. The molecule has 0 aliphatic rings. The van der Waals surface area contributed by atoms with Gasteiger partial charge in [-0.05, 0) is 35.7 Å². The Morgan fingerprint density at radius 2 is 1.94 bits per heavy atom. The second-order valence-corrected chi connectivity index (χ2v) is 5.02. The fourth-order valence-corrected chi connectivity index (χ4v) is 2.64. The minimum atomic E-state index is 1.24. The van der Waals surface area contributed by atoms with E-state index < -0.39 is 0 Å². The number of aromatic nitrogens is 1. The Morgan fingerprint density at radius 1 is 1.06 bits per heavy atom. The average Bonchev–Trinajstić information content (AvgIpc) is 2.96. The summed E-state index contributed by atoms with van der Waals surface area (Å²) < 4.78 is 2.22. The molecule has 0 amide bonds. The van der Waals surface area contributed by atoms with Crippen molar-refractivity contribution in [1.29, 1.82) is 0 Å². The van der Waals surface area contributed by atoms with Crippen LogP contribution < -0.4 is 0 Å². The van der Waals surface area contributed by atoms with Gasteiger partial charge in [-0.3, -0.25) is 0 Å². The lowest BCUT2D eigenvalue weighted by atomic mass is 10.2. The third-order valence-electron chi connectivity index (χ3n) is 2.95. The molecule has 2 aromatic heterocycles. The predicted octanol–water partition coefficient (Wildman–Crippen LogP) is 4.41. The van der Waals surface area contributed by atoms with E-state index in [2.05, 4.69) is 71.6 Å². The second-order valence-electron chi connectivity index (χ2n) is 4.04. The molecular weight excluding hydrogens is 226 g/mol. The molecule has 1 aromatic carbocycles. The highest BCUT2D eigenvalue weighted by Gasteiger charge is 2.01. The van der Waals surface area contributed by atoms with Gasteiger partial charge >= 0.3 is 0 Å². The zero-order valence-corrected chi connectivity index (χ0v) is 10.4. The lowest BCUT2D eigenvalue weighted by Gasteiger charge is -1.98. The average molecular weight is 239 g/mol. The predicted molar refractivity (Wildman–Crippen MR) is 76.2 cm³/mol. The molecule has 0 atom stereocenters. The van der Waals surface area contributed by atoms with Crippen LogP contribution in [-0.4, -0.2) is 4.57 Å². The van der Waals surface area contributed by atoms with Crippen molar-refractivity contribution in [1.82, 2.24) is 4.57 Å². The normalized spacial score (nSPS) is 11.6. The Balaban J connectivity index is 2.03. The maximum Gasteiger partial charge on any atom is 0.0482 e. The fraction of sp³-hybridized carbons (Fsp3) is 0.0667. The molecule has 0 saturated heterocycles. The molecule has 0 radical (unpaired) electrons. The van der Waals surface area contributed by atoms with Crippen LogP contribution in [0, 0.1) is 0 Å². The van der Waals surface area contributed by atoms with Crippen LogP contribution in [0.2, 0.25) is 0 Å². The van der Waals surface area contributed by atoms with Crippen LogP contribution in [0.4, 0.5) is 0 Å². The van der Waals surface area contributed by atoms with Crippen molar-refractivity contribution in [3.63, 3.8) is 0 Å². The van der Waals surface area contributed by atoms with Crippen molar-refractivity contribution >= 4 is 34.4 Å². The van der Waals surface area contributed by atoms with Crippen molar-refractivity contribution in [2.24, 2.45) is 7.05 Å². The third kappa shape index (κ3) is 1.92. The van der Waals surface area contributed by atoms with Gasteiger partial charge < -0.3 is 4.57 Å². The Hall–Kier alpha value is -1.80. The van der Waals surface area contributed by atoms with Crippen LogP contribution >= 0.6 is 11.3 Å². The van der Waals surface area contributed by atoms with Crippen molar-refractivity contribution in [2.75, 3.05) is 0 Å². The number of hydrogen-bond donors (Lipinski definition) is 0. The Labute approximate surface area is 105 Å². The van der Waals surface area contributed by atoms with Crippen molar-refractivity contribution in [3.8, 4) is 0 Å². The minimum Gasteiger partial charge on any atom is -0.344 e. The maximum atomic E-state index is 2.22. The van der Waals surface area contributed by atoms with E-state index in [-0.39, 0.29) is 0 Å². The molecule has 0 aliphatic heterocycles. The monoisotopic (exact) mass is 239 g/mol. The zero-order chi connectivity index (χ0) is 11.7. The quantitative estimate of drug-likeness (QED) is 0.624. The number of nitrogens with zero attached hydrogens (tertiary/aromatic N) is 1. The first kappa shape index (κ1) is 10.4. The summed E-state index contributed by atoms with van der Waals surface area (Å²) in [6, 6.07) is 14.9. The van der Waals surface area contributed by atoms with Crippen molar-refractivity contribution in [3.05, 3.63) is 58.4 Å². The van der Waals surface area contributed by atoms with Crippen LogP contribution in [-0.2, 0) is 7.05 Å². The number of rotatable bonds is 2. The Morgan fingerprint density at radius 3 is 2.71 bits per heavy atom. The first-order valence-corrected chi connectivity index (χ1v) is 6.48. The molecule has 0 bridgehead atoms. The van der Waals surface area contributed by atoms with Crippen LogP contribution in [0.1, 0.15) is 10.6 Å². The number of hydrogen-bond acceptors (Lipinski definition) is 1. The van der Waals surface area contributed by atoms with Gasteiger partial charge in [-0.1, -0.05) is 24.3 Å².